The van der Waals surface area contributed by atoms with E-state index in [2.05, 4.69) is 41.7 Å². The molecule has 0 aliphatic heterocycles. The maximum absolute atomic E-state index is 8.63. The molecule has 0 spiro atoms. The van der Waals surface area contributed by atoms with Crippen LogP contribution in [0, 0.1) is 14.9 Å². The van der Waals surface area contributed by atoms with Crippen molar-refractivity contribution in [3.8, 4) is 6.07 Å². The van der Waals surface area contributed by atoms with E-state index in [0.29, 0.717) is 0 Å². The van der Waals surface area contributed by atoms with Gasteiger partial charge in [-0.15, -0.1) is 0 Å². The summed E-state index contributed by atoms with van der Waals surface area (Å²) < 4.78 is 1.05. The summed E-state index contributed by atoms with van der Waals surface area (Å²) in [4.78, 5) is 0. The number of aryl methyl sites for hydroxylation is 1. The minimum Gasteiger partial charge on any atom is -0.192 e. The second kappa shape index (κ2) is 3.72. The molecular weight excluding hydrogens is 249 g/mol. The lowest BCUT2D eigenvalue weighted by Gasteiger charge is -1.98. The summed E-state index contributed by atoms with van der Waals surface area (Å²) in [5.74, 6) is 0. The highest BCUT2D eigenvalue weighted by Crippen LogP contribution is 2.13. The van der Waals surface area contributed by atoms with Crippen molar-refractivity contribution in [1.82, 2.24) is 0 Å². The van der Waals surface area contributed by atoms with Crippen LogP contribution in [0.3, 0.4) is 0 Å². The molecule has 1 aromatic rings. The fourth-order valence-electron chi connectivity index (χ4n) is 0.869. The summed E-state index contributed by atoms with van der Waals surface area (Å²) in [5.41, 5.74) is 2.05. The molecule has 0 radical (unpaired) electrons. The first-order valence-corrected chi connectivity index (χ1v) is 4.54. The molecule has 0 fully saturated rings. The second-order valence-corrected chi connectivity index (χ2v) is 3.44. The third-order valence-electron chi connectivity index (χ3n) is 1.56. The van der Waals surface area contributed by atoms with Gasteiger partial charge in [-0.3, -0.25) is 0 Å². The predicted molar refractivity (Wildman–Crippen MR) is 53.3 cm³/mol. The van der Waals surface area contributed by atoms with Gasteiger partial charge >= 0.3 is 0 Å². The van der Waals surface area contributed by atoms with E-state index in [1.807, 2.05) is 12.1 Å². The van der Waals surface area contributed by atoms with Crippen molar-refractivity contribution in [2.45, 2.75) is 13.3 Å². The molecule has 2 heteroatoms. The minimum absolute atomic E-state index is 0.766. The third kappa shape index (κ3) is 1.93. The molecule has 0 heterocycles. The van der Waals surface area contributed by atoms with E-state index in [-0.39, 0.29) is 0 Å². The lowest BCUT2D eigenvalue weighted by molar-refractivity contribution is 1.13. The maximum atomic E-state index is 8.63. The van der Waals surface area contributed by atoms with E-state index in [1.54, 1.807) is 0 Å². The predicted octanol–water partition coefficient (Wildman–Crippen LogP) is 2.73. The van der Waals surface area contributed by atoms with Gasteiger partial charge in [-0.25, -0.2) is 0 Å². The van der Waals surface area contributed by atoms with Gasteiger partial charge in [0.2, 0.25) is 0 Å². The Labute approximate surface area is 80.2 Å². The van der Waals surface area contributed by atoms with Crippen molar-refractivity contribution in [3.05, 3.63) is 32.9 Å². The Balaban J connectivity index is 3.12. The van der Waals surface area contributed by atoms with Gasteiger partial charge in [0, 0.05) is 3.57 Å². The van der Waals surface area contributed by atoms with Gasteiger partial charge in [-0.05, 0) is 46.7 Å². The van der Waals surface area contributed by atoms with E-state index < -0.39 is 0 Å². The lowest BCUT2D eigenvalue weighted by Crippen LogP contribution is -1.85. The van der Waals surface area contributed by atoms with Crippen LogP contribution in [-0.2, 0) is 6.42 Å². The molecule has 0 aromatic heterocycles. The summed E-state index contributed by atoms with van der Waals surface area (Å²) in [5, 5.41) is 8.63. The van der Waals surface area contributed by atoms with Crippen molar-refractivity contribution in [1.29, 1.82) is 5.26 Å². The largest absolute Gasteiger partial charge is 0.192 e. The fourth-order valence-corrected chi connectivity index (χ4v) is 1.57. The molecule has 11 heavy (non-hydrogen) atoms. The van der Waals surface area contributed by atoms with E-state index in [9.17, 15) is 0 Å². The highest BCUT2D eigenvalue weighted by Gasteiger charge is 1.97. The van der Waals surface area contributed by atoms with E-state index in [4.69, 9.17) is 5.26 Å². The standard InChI is InChI=1S/C9H8IN/c1-2-7-3-4-8(6-11)9(10)5-7/h3-5H,2H2,1H3. The molecule has 0 saturated carbocycles. The van der Waals surface area contributed by atoms with Gasteiger partial charge in [0.15, 0.2) is 0 Å². The zero-order chi connectivity index (χ0) is 8.27. The highest BCUT2D eigenvalue weighted by molar-refractivity contribution is 14.1. The molecule has 0 saturated heterocycles. The van der Waals surface area contributed by atoms with Crippen molar-refractivity contribution in [3.63, 3.8) is 0 Å². The van der Waals surface area contributed by atoms with Crippen molar-refractivity contribution < 1.29 is 0 Å². The Morgan fingerprint density at radius 3 is 2.73 bits per heavy atom. The molecule has 0 amide bonds. The number of benzene rings is 1. The zero-order valence-corrected chi connectivity index (χ0v) is 8.42. The minimum atomic E-state index is 0.766. The molecule has 0 N–H and O–H groups in total. The number of halogens is 1. The maximum Gasteiger partial charge on any atom is 0.100 e. The SMILES string of the molecule is CCc1ccc(C#N)c(I)c1. The van der Waals surface area contributed by atoms with Gasteiger partial charge in [-0.2, -0.15) is 5.26 Å². The quantitative estimate of drug-likeness (QED) is 0.709. The van der Waals surface area contributed by atoms with Crippen LogP contribution in [0.25, 0.3) is 0 Å². The second-order valence-electron chi connectivity index (χ2n) is 2.28. The smallest absolute Gasteiger partial charge is 0.100 e. The Morgan fingerprint density at radius 2 is 2.27 bits per heavy atom. The van der Waals surface area contributed by atoms with Gasteiger partial charge in [0.05, 0.1) is 5.56 Å². The summed E-state index contributed by atoms with van der Waals surface area (Å²) >= 11 is 2.19. The number of hydrogen-bond acceptors (Lipinski definition) is 1. The van der Waals surface area contributed by atoms with Crippen LogP contribution in [0.1, 0.15) is 18.1 Å². The molecule has 56 valence electrons. The summed E-state index contributed by atoms with van der Waals surface area (Å²) in [7, 11) is 0. The highest BCUT2D eigenvalue weighted by atomic mass is 127. The Kier molecular flexibility index (Phi) is 2.89. The molecule has 1 nitrogen and oxygen atoms in total. The molecular formula is C9H8IN. The average molecular weight is 257 g/mol. The van der Waals surface area contributed by atoms with Crippen LogP contribution >= 0.6 is 22.6 Å². The first kappa shape index (κ1) is 8.54. The van der Waals surface area contributed by atoms with Gasteiger partial charge in [0.1, 0.15) is 6.07 Å². The molecule has 1 aromatic carbocycles. The normalized spacial score (nSPS) is 9.18. The Morgan fingerprint density at radius 1 is 1.55 bits per heavy atom. The lowest BCUT2D eigenvalue weighted by atomic mass is 10.1. The third-order valence-corrected chi connectivity index (χ3v) is 2.45. The first-order chi connectivity index (χ1) is 5.27. The van der Waals surface area contributed by atoms with Crippen molar-refractivity contribution in [2.75, 3.05) is 0 Å². The van der Waals surface area contributed by atoms with Crippen LogP contribution in [-0.4, -0.2) is 0 Å². The Hall–Kier alpha value is -0.560. The fraction of sp³-hybridized carbons (Fsp3) is 0.222. The van der Waals surface area contributed by atoms with Gasteiger partial charge < -0.3 is 0 Å². The topological polar surface area (TPSA) is 23.8 Å². The molecule has 0 aliphatic carbocycles. The molecule has 0 aliphatic rings. The monoisotopic (exact) mass is 257 g/mol. The molecule has 0 unspecified atom stereocenters. The zero-order valence-electron chi connectivity index (χ0n) is 6.26. The van der Waals surface area contributed by atoms with Crippen LogP contribution in [0.4, 0.5) is 0 Å². The van der Waals surface area contributed by atoms with Crippen LogP contribution < -0.4 is 0 Å². The number of nitriles is 1. The van der Waals surface area contributed by atoms with Crippen LogP contribution in [0.5, 0.6) is 0 Å². The number of nitrogens with zero attached hydrogens (tertiary/aromatic N) is 1. The van der Waals surface area contributed by atoms with Crippen LogP contribution in [0.15, 0.2) is 18.2 Å². The van der Waals surface area contributed by atoms with Gasteiger partial charge in [-0.1, -0.05) is 13.0 Å². The van der Waals surface area contributed by atoms with Crippen molar-refractivity contribution in [2.24, 2.45) is 0 Å². The molecule has 0 atom stereocenters. The van der Waals surface area contributed by atoms with E-state index in [1.165, 1.54) is 5.56 Å². The summed E-state index contributed by atoms with van der Waals surface area (Å²) in [6.45, 7) is 2.11. The first-order valence-electron chi connectivity index (χ1n) is 3.46. The number of hydrogen-bond donors (Lipinski definition) is 0. The van der Waals surface area contributed by atoms with Crippen LogP contribution in [0.2, 0.25) is 0 Å². The van der Waals surface area contributed by atoms with Gasteiger partial charge in [0.25, 0.3) is 0 Å². The Bertz CT molecular complexity index is 299. The van der Waals surface area contributed by atoms with E-state index >= 15 is 0 Å². The average Bonchev–Trinajstić information content (AvgIpc) is 2.04. The summed E-state index contributed by atoms with van der Waals surface area (Å²) in [6, 6.07) is 8.07. The summed E-state index contributed by atoms with van der Waals surface area (Å²) in [6.07, 6.45) is 1.03. The van der Waals surface area contributed by atoms with E-state index in [0.717, 1.165) is 15.6 Å². The molecule has 0 bridgehead atoms. The van der Waals surface area contributed by atoms with Crippen molar-refractivity contribution >= 4 is 22.6 Å². The molecule has 1 rings (SSSR count). The number of rotatable bonds is 1.